The van der Waals surface area contributed by atoms with Gasteiger partial charge in [0, 0.05) is 4.88 Å². The number of hydrogen-bond donors (Lipinski definition) is 1. The number of ether oxygens (including phenoxy) is 2. The molecule has 2 aromatic heterocycles. The smallest absolute Gasteiger partial charge is 0.348 e. The van der Waals surface area contributed by atoms with Gasteiger partial charge in [-0.3, -0.25) is 4.79 Å². The molecule has 0 unspecified atom stereocenters. The van der Waals surface area contributed by atoms with Crippen LogP contribution in [0.2, 0.25) is 0 Å². The molecule has 0 fully saturated rings. The fraction of sp³-hybridized carbons (Fsp3) is 0.421. The van der Waals surface area contributed by atoms with E-state index in [2.05, 4.69) is 12.2 Å². The third-order valence-corrected chi connectivity index (χ3v) is 6.32. The van der Waals surface area contributed by atoms with Crippen LogP contribution in [0.3, 0.4) is 0 Å². The van der Waals surface area contributed by atoms with Crippen molar-refractivity contribution in [2.75, 3.05) is 18.5 Å². The predicted octanol–water partition coefficient (Wildman–Crippen LogP) is 3.91. The lowest BCUT2D eigenvalue weighted by Gasteiger charge is -2.18. The molecule has 8 heteroatoms. The molecule has 1 N–H and O–H groups in total. The third kappa shape index (κ3) is 4.56. The van der Waals surface area contributed by atoms with Crippen molar-refractivity contribution >= 4 is 45.5 Å². The van der Waals surface area contributed by atoms with Crippen LogP contribution in [0.5, 0.6) is 0 Å². The highest BCUT2D eigenvalue weighted by Crippen LogP contribution is 2.40. The minimum atomic E-state index is -0.537. The van der Waals surface area contributed by atoms with Gasteiger partial charge in [0.1, 0.15) is 9.88 Å². The number of esters is 2. The molecule has 6 nitrogen and oxygen atoms in total. The molecule has 0 aromatic carbocycles. The maximum atomic E-state index is 12.4. The summed E-state index contributed by atoms with van der Waals surface area (Å²) < 4.78 is 10.2. The number of nitrogens with one attached hydrogen (secondary N) is 1. The third-order valence-electron chi connectivity index (χ3n) is 4.30. The Hall–Kier alpha value is -2.19. The number of carbonyl (C=O) groups is 3. The van der Waals surface area contributed by atoms with Crippen molar-refractivity contribution in [1.82, 2.24) is 0 Å². The van der Waals surface area contributed by atoms with Gasteiger partial charge >= 0.3 is 11.9 Å². The summed E-state index contributed by atoms with van der Waals surface area (Å²) in [6.45, 7) is 3.79. The summed E-state index contributed by atoms with van der Waals surface area (Å²) in [7, 11) is 0. The number of anilines is 1. The van der Waals surface area contributed by atoms with Crippen molar-refractivity contribution < 1.29 is 23.9 Å². The van der Waals surface area contributed by atoms with Crippen molar-refractivity contribution in [2.45, 2.75) is 33.1 Å². The standard InChI is InChI=1S/C19H21NO5S2/c1-3-24-19(23)16-12-7-6-11(2)9-14(12)27-17(16)20-15(21)10-25-18(22)13-5-4-8-26-13/h4-5,8,11H,3,6-7,9-10H2,1-2H3,(H,20,21)/t11-/m1/s1. The lowest BCUT2D eigenvalue weighted by molar-refractivity contribution is -0.119. The topological polar surface area (TPSA) is 81.7 Å². The van der Waals surface area contributed by atoms with Gasteiger partial charge in [-0.05, 0) is 49.1 Å². The van der Waals surface area contributed by atoms with E-state index in [0.717, 1.165) is 29.7 Å². The van der Waals surface area contributed by atoms with E-state index in [-0.39, 0.29) is 6.61 Å². The molecule has 3 rings (SSSR count). The van der Waals surface area contributed by atoms with Crippen molar-refractivity contribution in [2.24, 2.45) is 5.92 Å². The van der Waals surface area contributed by atoms with Crippen molar-refractivity contribution in [1.29, 1.82) is 0 Å². The van der Waals surface area contributed by atoms with E-state index in [4.69, 9.17) is 9.47 Å². The van der Waals surface area contributed by atoms with Crippen LogP contribution < -0.4 is 5.32 Å². The molecule has 1 aliphatic carbocycles. The van der Waals surface area contributed by atoms with Crippen LogP contribution in [0.15, 0.2) is 17.5 Å². The van der Waals surface area contributed by atoms with Gasteiger partial charge in [-0.15, -0.1) is 22.7 Å². The Kier molecular flexibility index (Phi) is 6.28. The van der Waals surface area contributed by atoms with Crippen LogP contribution in [0, 0.1) is 5.92 Å². The van der Waals surface area contributed by atoms with Crippen molar-refractivity contribution in [3.63, 3.8) is 0 Å². The van der Waals surface area contributed by atoms with E-state index in [0.29, 0.717) is 21.4 Å². The monoisotopic (exact) mass is 407 g/mol. The molecule has 0 saturated carbocycles. The number of carbonyl (C=O) groups excluding carboxylic acids is 3. The van der Waals surface area contributed by atoms with Gasteiger partial charge in [0.25, 0.3) is 5.91 Å². The molecule has 0 bridgehead atoms. The first-order chi connectivity index (χ1) is 13.0. The molecule has 1 amide bonds. The summed E-state index contributed by atoms with van der Waals surface area (Å²) in [5, 5.41) is 4.97. The number of thiophene rings is 2. The molecule has 0 saturated heterocycles. The largest absolute Gasteiger partial charge is 0.462 e. The zero-order valence-corrected chi connectivity index (χ0v) is 16.8. The average molecular weight is 408 g/mol. The maximum absolute atomic E-state index is 12.4. The molecular weight excluding hydrogens is 386 g/mol. The number of rotatable bonds is 6. The van der Waals surface area contributed by atoms with E-state index in [1.807, 2.05) is 0 Å². The summed E-state index contributed by atoms with van der Waals surface area (Å²) in [5.41, 5.74) is 1.42. The second kappa shape index (κ2) is 8.67. The Labute approximate surface area is 165 Å². The highest BCUT2D eigenvalue weighted by Gasteiger charge is 2.29. The van der Waals surface area contributed by atoms with E-state index >= 15 is 0 Å². The first-order valence-electron chi connectivity index (χ1n) is 8.81. The Morgan fingerprint density at radius 2 is 2.07 bits per heavy atom. The van der Waals surface area contributed by atoms with E-state index in [1.165, 1.54) is 22.7 Å². The zero-order chi connectivity index (χ0) is 19.4. The SMILES string of the molecule is CCOC(=O)c1c(NC(=O)COC(=O)c2cccs2)sc2c1CC[C@@H](C)C2. The summed E-state index contributed by atoms with van der Waals surface area (Å²) in [6, 6.07) is 3.38. The van der Waals surface area contributed by atoms with Crippen LogP contribution in [-0.2, 0) is 27.1 Å². The highest BCUT2D eigenvalue weighted by molar-refractivity contribution is 7.17. The minimum absolute atomic E-state index is 0.270. The average Bonchev–Trinajstić information content (AvgIpc) is 3.27. The molecule has 0 spiro atoms. The normalized spacial score (nSPS) is 15.7. The van der Waals surface area contributed by atoms with Gasteiger partial charge in [-0.2, -0.15) is 0 Å². The van der Waals surface area contributed by atoms with Crippen molar-refractivity contribution in [3.05, 3.63) is 38.4 Å². The Morgan fingerprint density at radius 3 is 2.78 bits per heavy atom. The predicted molar refractivity (Wildman–Crippen MR) is 105 cm³/mol. The molecule has 27 heavy (non-hydrogen) atoms. The first kappa shape index (κ1) is 19.6. The van der Waals surface area contributed by atoms with Crippen LogP contribution in [0.1, 0.15) is 50.7 Å². The number of amides is 1. The molecule has 0 radical (unpaired) electrons. The maximum Gasteiger partial charge on any atom is 0.348 e. The van der Waals surface area contributed by atoms with Crippen LogP contribution in [0.4, 0.5) is 5.00 Å². The fourth-order valence-electron chi connectivity index (χ4n) is 3.02. The van der Waals surface area contributed by atoms with E-state index in [9.17, 15) is 14.4 Å². The molecule has 2 aromatic rings. The molecule has 2 heterocycles. The summed E-state index contributed by atoms with van der Waals surface area (Å²) in [5.74, 6) is -0.890. The minimum Gasteiger partial charge on any atom is -0.462 e. The van der Waals surface area contributed by atoms with Gasteiger partial charge in [0.05, 0.1) is 12.2 Å². The molecule has 1 atom stereocenters. The second-order valence-electron chi connectivity index (χ2n) is 6.38. The second-order valence-corrected chi connectivity index (χ2v) is 8.43. The van der Waals surface area contributed by atoms with Gasteiger partial charge in [0.15, 0.2) is 6.61 Å². The lowest BCUT2D eigenvalue weighted by atomic mass is 9.88. The molecule has 0 aliphatic heterocycles. The quantitative estimate of drug-likeness (QED) is 0.735. The molecule has 1 aliphatic rings. The first-order valence-corrected chi connectivity index (χ1v) is 10.5. The van der Waals surface area contributed by atoms with Gasteiger partial charge in [0.2, 0.25) is 0 Å². The van der Waals surface area contributed by atoms with Crippen LogP contribution >= 0.6 is 22.7 Å². The Bertz CT molecular complexity index is 841. The molecular formula is C19H21NO5S2. The van der Waals surface area contributed by atoms with Gasteiger partial charge < -0.3 is 14.8 Å². The van der Waals surface area contributed by atoms with E-state index < -0.39 is 24.5 Å². The Balaban J connectivity index is 1.72. The van der Waals surface area contributed by atoms with Gasteiger partial charge in [-0.25, -0.2) is 9.59 Å². The van der Waals surface area contributed by atoms with Crippen molar-refractivity contribution in [3.8, 4) is 0 Å². The molecule has 144 valence electrons. The number of hydrogen-bond acceptors (Lipinski definition) is 7. The fourth-order valence-corrected chi connectivity index (χ4v) is 5.05. The lowest BCUT2D eigenvalue weighted by Crippen LogP contribution is -2.21. The highest BCUT2D eigenvalue weighted by atomic mass is 32.1. The number of fused-ring (bicyclic) bond motifs is 1. The zero-order valence-electron chi connectivity index (χ0n) is 15.2. The van der Waals surface area contributed by atoms with Crippen LogP contribution in [-0.4, -0.2) is 31.1 Å². The Morgan fingerprint density at radius 1 is 1.26 bits per heavy atom. The van der Waals surface area contributed by atoms with Crippen LogP contribution in [0.25, 0.3) is 0 Å². The summed E-state index contributed by atoms with van der Waals surface area (Å²) >= 11 is 2.66. The summed E-state index contributed by atoms with van der Waals surface area (Å²) in [4.78, 5) is 38.1. The van der Waals surface area contributed by atoms with Gasteiger partial charge in [-0.1, -0.05) is 13.0 Å². The van der Waals surface area contributed by atoms with E-state index in [1.54, 1.807) is 24.4 Å². The summed E-state index contributed by atoms with van der Waals surface area (Å²) in [6.07, 6.45) is 2.68.